The molecule has 1 aromatic carbocycles. The van der Waals surface area contributed by atoms with Crippen LogP contribution in [-0.2, 0) is 6.42 Å². The van der Waals surface area contributed by atoms with Gasteiger partial charge in [-0.2, -0.15) is 0 Å². The fraction of sp³-hybridized carbons (Fsp3) is 0.625. The maximum absolute atomic E-state index is 6.31. The molecule has 0 fully saturated rings. The molecule has 1 aromatic rings. The molecule has 0 saturated heterocycles. The van der Waals surface area contributed by atoms with Crippen molar-refractivity contribution in [3.8, 4) is 0 Å². The topological polar surface area (TPSA) is 29.3 Å². The Bertz CT molecular complexity index is 329. The second-order valence-electron chi connectivity index (χ2n) is 5.29. The van der Waals surface area contributed by atoms with Gasteiger partial charge in [0.25, 0.3) is 0 Å². The molecule has 0 aliphatic rings. The van der Waals surface area contributed by atoms with Gasteiger partial charge in [-0.1, -0.05) is 38.1 Å². The van der Waals surface area contributed by atoms with Crippen molar-refractivity contribution < 1.29 is 0 Å². The van der Waals surface area contributed by atoms with Crippen LogP contribution in [0, 0.1) is 0 Å². The van der Waals surface area contributed by atoms with Crippen LogP contribution >= 0.6 is 0 Å². The average molecular weight is 248 g/mol. The summed E-state index contributed by atoms with van der Waals surface area (Å²) in [6.07, 6.45) is 2.27. The molecule has 0 heterocycles. The highest BCUT2D eigenvalue weighted by Gasteiger charge is 2.14. The number of nitrogens with two attached hydrogens (primary N) is 1. The van der Waals surface area contributed by atoms with Crippen LogP contribution in [0.15, 0.2) is 24.3 Å². The molecule has 0 spiro atoms. The molecule has 2 N–H and O–H groups in total. The Labute approximate surface area is 112 Å². The molecule has 0 aliphatic carbocycles. The Morgan fingerprint density at radius 1 is 1.11 bits per heavy atom. The highest BCUT2D eigenvalue weighted by molar-refractivity contribution is 5.25. The van der Waals surface area contributed by atoms with Gasteiger partial charge in [0, 0.05) is 18.6 Å². The summed E-state index contributed by atoms with van der Waals surface area (Å²) in [7, 11) is 0. The predicted octanol–water partition coefficient (Wildman–Crippen LogP) is 3.37. The van der Waals surface area contributed by atoms with Crippen LogP contribution in [0.4, 0.5) is 0 Å². The number of hydrogen-bond acceptors (Lipinski definition) is 2. The summed E-state index contributed by atoms with van der Waals surface area (Å²) in [5.74, 6) is 0. The van der Waals surface area contributed by atoms with E-state index in [1.165, 1.54) is 17.5 Å². The van der Waals surface area contributed by atoms with Gasteiger partial charge in [0.05, 0.1) is 0 Å². The maximum Gasteiger partial charge on any atom is 0.0424 e. The molecule has 1 unspecified atom stereocenters. The molecule has 18 heavy (non-hydrogen) atoms. The van der Waals surface area contributed by atoms with Crippen LogP contribution < -0.4 is 5.73 Å². The minimum Gasteiger partial charge on any atom is -0.323 e. The van der Waals surface area contributed by atoms with Gasteiger partial charge in [0.15, 0.2) is 0 Å². The van der Waals surface area contributed by atoms with Gasteiger partial charge >= 0.3 is 0 Å². The summed E-state index contributed by atoms with van der Waals surface area (Å²) in [6, 6.07) is 9.40. The van der Waals surface area contributed by atoms with E-state index < -0.39 is 0 Å². The minimum atomic E-state index is 0.116. The minimum absolute atomic E-state index is 0.116. The van der Waals surface area contributed by atoms with E-state index in [1.54, 1.807) is 0 Å². The van der Waals surface area contributed by atoms with Crippen molar-refractivity contribution in [2.45, 2.75) is 52.6 Å². The predicted molar refractivity (Wildman–Crippen MR) is 79.7 cm³/mol. The third-order valence-corrected chi connectivity index (χ3v) is 3.49. The van der Waals surface area contributed by atoms with Crippen molar-refractivity contribution in [1.82, 2.24) is 4.90 Å². The summed E-state index contributed by atoms with van der Waals surface area (Å²) < 4.78 is 0. The van der Waals surface area contributed by atoms with E-state index in [0.29, 0.717) is 6.04 Å². The van der Waals surface area contributed by atoms with E-state index in [4.69, 9.17) is 5.73 Å². The molecule has 0 radical (unpaired) electrons. The molecule has 0 saturated carbocycles. The Morgan fingerprint density at radius 2 is 1.72 bits per heavy atom. The number of hydrogen-bond donors (Lipinski definition) is 1. The van der Waals surface area contributed by atoms with Crippen molar-refractivity contribution in [2.24, 2.45) is 5.73 Å². The van der Waals surface area contributed by atoms with E-state index in [0.717, 1.165) is 19.5 Å². The average Bonchev–Trinajstić information content (AvgIpc) is 2.38. The number of rotatable bonds is 7. The first-order valence-electron chi connectivity index (χ1n) is 7.16. The Balaban J connectivity index is 2.64. The van der Waals surface area contributed by atoms with Gasteiger partial charge < -0.3 is 5.73 Å². The molecule has 2 heteroatoms. The summed E-state index contributed by atoms with van der Waals surface area (Å²) >= 11 is 0. The van der Waals surface area contributed by atoms with Gasteiger partial charge in [-0.15, -0.1) is 0 Å². The molecule has 0 aromatic heterocycles. The smallest absolute Gasteiger partial charge is 0.0424 e. The fourth-order valence-corrected chi connectivity index (χ4v) is 2.21. The summed E-state index contributed by atoms with van der Waals surface area (Å²) in [5.41, 5.74) is 8.93. The number of aryl methyl sites for hydroxylation is 1. The largest absolute Gasteiger partial charge is 0.323 e. The van der Waals surface area contributed by atoms with Crippen LogP contribution in [0.1, 0.15) is 51.3 Å². The fourth-order valence-electron chi connectivity index (χ4n) is 2.21. The summed E-state index contributed by atoms with van der Waals surface area (Å²) in [4.78, 5) is 2.46. The van der Waals surface area contributed by atoms with Gasteiger partial charge in [-0.05, 0) is 44.4 Å². The summed E-state index contributed by atoms with van der Waals surface area (Å²) in [6.45, 7) is 10.9. The highest BCUT2D eigenvalue weighted by Crippen LogP contribution is 2.15. The zero-order valence-electron chi connectivity index (χ0n) is 12.3. The van der Waals surface area contributed by atoms with Crippen molar-refractivity contribution in [1.29, 1.82) is 0 Å². The number of benzene rings is 1. The van der Waals surface area contributed by atoms with E-state index in [9.17, 15) is 0 Å². The maximum atomic E-state index is 6.31. The normalized spacial score (nSPS) is 13.3. The Hall–Kier alpha value is -0.860. The molecule has 1 atom stereocenters. The van der Waals surface area contributed by atoms with Crippen molar-refractivity contribution in [3.63, 3.8) is 0 Å². The number of nitrogens with zero attached hydrogens (tertiary/aromatic N) is 1. The Kier molecular flexibility index (Phi) is 6.37. The first-order valence-corrected chi connectivity index (χ1v) is 7.16. The van der Waals surface area contributed by atoms with Gasteiger partial charge in [-0.3, -0.25) is 4.90 Å². The second-order valence-corrected chi connectivity index (χ2v) is 5.29. The lowest BCUT2D eigenvalue weighted by Gasteiger charge is -2.29. The molecular weight excluding hydrogens is 220 g/mol. The molecule has 0 aliphatic heterocycles. The SMILES string of the molecule is CCCN(CC(N)c1ccc(CC)cc1)C(C)C. The molecular formula is C16H28N2. The van der Waals surface area contributed by atoms with Gasteiger partial charge in [0.2, 0.25) is 0 Å². The lowest BCUT2D eigenvalue weighted by molar-refractivity contribution is 0.209. The van der Waals surface area contributed by atoms with Gasteiger partial charge in [-0.25, -0.2) is 0 Å². The van der Waals surface area contributed by atoms with Crippen LogP contribution in [-0.4, -0.2) is 24.0 Å². The van der Waals surface area contributed by atoms with Crippen molar-refractivity contribution in [3.05, 3.63) is 35.4 Å². The lowest BCUT2D eigenvalue weighted by Crippen LogP contribution is -2.37. The van der Waals surface area contributed by atoms with E-state index in [-0.39, 0.29) is 6.04 Å². The van der Waals surface area contributed by atoms with E-state index in [1.807, 2.05) is 0 Å². The lowest BCUT2D eigenvalue weighted by atomic mass is 10.0. The van der Waals surface area contributed by atoms with E-state index >= 15 is 0 Å². The van der Waals surface area contributed by atoms with Crippen LogP contribution in [0.5, 0.6) is 0 Å². The molecule has 1 rings (SSSR count). The molecule has 0 amide bonds. The third-order valence-electron chi connectivity index (χ3n) is 3.49. The van der Waals surface area contributed by atoms with Crippen LogP contribution in [0.3, 0.4) is 0 Å². The van der Waals surface area contributed by atoms with Crippen LogP contribution in [0.2, 0.25) is 0 Å². The molecule has 0 bridgehead atoms. The quantitative estimate of drug-likeness (QED) is 0.801. The van der Waals surface area contributed by atoms with Crippen LogP contribution in [0.25, 0.3) is 0 Å². The standard InChI is InChI=1S/C16H28N2/c1-5-11-18(13(3)4)12-16(17)15-9-7-14(6-2)8-10-15/h7-10,13,16H,5-6,11-12,17H2,1-4H3. The second kappa shape index (κ2) is 7.55. The highest BCUT2D eigenvalue weighted by atomic mass is 15.2. The first-order chi connectivity index (χ1) is 8.58. The zero-order chi connectivity index (χ0) is 13.5. The van der Waals surface area contributed by atoms with Gasteiger partial charge in [0.1, 0.15) is 0 Å². The Morgan fingerprint density at radius 3 is 2.17 bits per heavy atom. The molecule has 2 nitrogen and oxygen atoms in total. The van der Waals surface area contributed by atoms with Crippen molar-refractivity contribution >= 4 is 0 Å². The van der Waals surface area contributed by atoms with Crippen molar-refractivity contribution in [2.75, 3.05) is 13.1 Å². The first kappa shape index (κ1) is 15.2. The molecule has 102 valence electrons. The zero-order valence-corrected chi connectivity index (χ0v) is 12.3. The third kappa shape index (κ3) is 4.43. The van der Waals surface area contributed by atoms with E-state index in [2.05, 4.69) is 56.9 Å². The summed E-state index contributed by atoms with van der Waals surface area (Å²) in [5, 5.41) is 0. The monoisotopic (exact) mass is 248 g/mol.